The number of rotatable bonds is 4. The summed E-state index contributed by atoms with van der Waals surface area (Å²) in [6.07, 6.45) is -0.758. The van der Waals surface area contributed by atoms with Crippen LogP contribution in [0.4, 0.5) is 0 Å². The lowest BCUT2D eigenvalue weighted by Gasteiger charge is -2.09. The molecule has 1 N–H and O–H groups in total. The zero-order chi connectivity index (χ0) is 11.4. The van der Waals surface area contributed by atoms with E-state index in [1.165, 1.54) is 18.1 Å². The molecule has 0 bridgehead atoms. The van der Waals surface area contributed by atoms with E-state index in [0.717, 1.165) is 5.56 Å². The molecule has 1 unspecified atom stereocenters. The maximum absolute atomic E-state index is 10.5. The van der Waals surface area contributed by atoms with Gasteiger partial charge in [-0.3, -0.25) is 0 Å². The molecule has 1 aromatic rings. The highest BCUT2D eigenvalue weighted by Crippen LogP contribution is 2.11. The second-order valence-electron chi connectivity index (χ2n) is 3.71. The van der Waals surface area contributed by atoms with E-state index in [2.05, 4.69) is 0 Å². The highest BCUT2D eigenvalue weighted by Gasteiger charge is 2.10. The summed E-state index contributed by atoms with van der Waals surface area (Å²) < 4.78 is 5.18. The Labute approximate surface area is 89.7 Å². The van der Waals surface area contributed by atoms with Crippen molar-refractivity contribution < 1.29 is 14.6 Å². The van der Waals surface area contributed by atoms with Gasteiger partial charge in [0.05, 0.1) is 6.61 Å². The Morgan fingerprint density at radius 3 is 2.60 bits per heavy atom. The first kappa shape index (κ1) is 11.7. The molecule has 0 radical (unpaired) electrons. The van der Waals surface area contributed by atoms with E-state index in [4.69, 9.17) is 9.84 Å². The summed E-state index contributed by atoms with van der Waals surface area (Å²) in [7, 11) is 0. The van der Waals surface area contributed by atoms with Gasteiger partial charge in [0.15, 0.2) is 6.10 Å². The van der Waals surface area contributed by atoms with Crippen LogP contribution in [-0.4, -0.2) is 17.2 Å². The van der Waals surface area contributed by atoms with Crippen LogP contribution in [0.3, 0.4) is 0 Å². The van der Waals surface area contributed by atoms with E-state index in [-0.39, 0.29) is 0 Å². The average Bonchev–Trinajstić information content (AvgIpc) is 2.19. The van der Waals surface area contributed by atoms with Crippen molar-refractivity contribution in [1.29, 1.82) is 0 Å². The lowest BCUT2D eigenvalue weighted by Crippen LogP contribution is -2.19. The fourth-order valence-corrected chi connectivity index (χ4v) is 1.19. The SMILES string of the molecule is Cc1ccc(COC(C)C(=O)O)cc1C. The molecule has 3 nitrogen and oxygen atoms in total. The predicted octanol–water partition coefficient (Wildman–Crippen LogP) is 2.29. The zero-order valence-corrected chi connectivity index (χ0v) is 9.28. The molecule has 0 aliphatic heterocycles. The largest absolute Gasteiger partial charge is 0.479 e. The minimum Gasteiger partial charge on any atom is -0.479 e. The zero-order valence-electron chi connectivity index (χ0n) is 9.28. The Morgan fingerprint density at radius 1 is 1.40 bits per heavy atom. The first-order valence-corrected chi connectivity index (χ1v) is 4.91. The molecule has 0 saturated heterocycles. The monoisotopic (exact) mass is 208 g/mol. The Hall–Kier alpha value is -1.35. The number of aryl methyl sites for hydroxylation is 2. The third-order valence-electron chi connectivity index (χ3n) is 2.42. The molecule has 0 aliphatic carbocycles. The molecule has 0 saturated carbocycles. The van der Waals surface area contributed by atoms with Gasteiger partial charge in [0.25, 0.3) is 0 Å². The van der Waals surface area contributed by atoms with Gasteiger partial charge in [0.1, 0.15) is 0 Å². The minimum atomic E-state index is -0.932. The summed E-state index contributed by atoms with van der Waals surface area (Å²) in [4.78, 5) is 10.5. The molecule has 0 aliphatic rings. The Morgan fingerprint density at radius 2 is 2.07 bits per heavy atom. The van der Waals surface area contributed by atoms with Crippen LogP contribution in [0, 0.1) is 13.8 Å². The third-order valence-corrected chi connectivity index (χ3v) is 2.42. The molecule has 1 atom stereocenters. The van der Waals surface area contributed by atoms with Crippen molar-refractivity contribution in [2.75, 3.05) is 0 Å². The second-order valence-corrected chi connectivity index (χ2v) is 3.71. The second kappa shape index (κ2) is 4.94. The Kier molecular flexibility index (Phi) is 3.86. The van der Waals surface area contributed by atoms with E-state index < -0.39 is 12.1 Å². The quantitative estimate of drug-likeness (QED) is 0.825. The number of aliphatic carboxylic acids is 1. The average molecular weight is 208 g/mol. The summed E-state index contributed by atoms with van der Waals surface area (Å²) in [5, 5.41) is 8.63. The summed E-state index contributed by atoms with van der Waals surface area (Å²) in [5.74, 6) is -0.932. The number of carbonyl (C=O) groups is 1. The number of carboxylic acids is 1. The van der Waals surface area contributed by atoms with Crippen LogP contribution in [0.2, 0.25) is 0 Å². The molecule has 0 fully saturated rings. The van der Waals surface area contributed by atoms with Crippen LogP contribution in [0.25, 0.3) is 0 Å². The van der Waals surface area contributed by atoms with E-state index in [0.29, 0.717) is 6.61 Å². The Bertz CT molecular complexity index is 358. The van der Waals surface area contributed by atoms with Crippen molar-refractivity contribution in [1.82, 2.24) is 0 Å². The molecule has 0 aromatic heterocycles. The van der Waals surface area contributed by atoms with Gasteiger partial charge < -0.3 is 9.84 Å². The maximum Gasteiger partial charge on any atom is 0.332 e. The van der Waals surface area contributed by atoms with Crippen molar-refractivity contribution in [3.05, 3.63) is 34.9 Å². The normalized spacial score (nSPS) is 12.5. The molecule has 1 rings (SSSR count). The van der Waals surface area contributed by atoms with Crippen molar-refractivity contribution in [3.63, 3.8) is 0 Å². The fourth-order valence-electron chi connectivity index (χ4n) is 1.19. The molecule has 15 heavy (non-hydrogen) atoms. The van der Waals surface area contributed by atoms with Crippen molar-refractivity contribution in [2.24, 2.45) is 0 Å². The first-order chi connectivity index (χ1) is 7.00. The van der Waals surface area contributed by atoms with E-state index >= 15 is 0 Å². The minimum absolute atomic E-state index is 0.342. The molecule has 1 aromatic carbocycles. The molecule has 0 heterocycles. The van der Waals surface area contributed by atoms with Crippen LogP contribution in [0.15, 0.2) is 18.2 Å². The van der Waals surface area contributed by atoms with Gasteiger partial charge in [-0.15, -0.1) is 0 Å². The molecule has 0 amide bonds. The van der Waals surface area contributed by atoms with Crippen LogP contribution in [0.5, 0.6) is 0 Å². The van der Waals surface area contributed by atoms with E-state index in [1.807, 2.05) is 32.0 Å². The van der Waals surface area contributed by atoms with Gasteiger partial charge in [-0.1, -0.05) is 18.2 Å². The van der Waals surface area contributed by atoms with Gasteiger partial charge in [0.2, 0.25) is 0 Å². The lowest BCUT2D eigenvalue weighted by atomic mass is 10.1. The summed E-state index contributed by atoms with van der Waals surface area (Å²) in [6.45, 7) is 5.94. The van der Waals surface area contributed by atoms with Crippen LogP contribution in [-0.2, 0) is 16.1 Å². The number of hydrogen-bond acceptors (Lipinski definition) is 2. The number of ether oxygens (including phenoxy) is 1. The summed E-state index contributed by atoms with van der Waals surface area (Å²) in [6, 6.07) is 5.99. The van der Waals surface area contributed by atoms with Crippen LogP contribution in [0.1, 0.15) is 23.6 Å². The number of benzene rings is 1. The maximum atomic E-state index is 10.5. The summed E-state index contributed by atoms with van der Waals surface area (Å²) >= 11 is 0. The molecule has 82 valence electrons. The van der Waals surface area contributed by atoms with E-state index in [1.54, 1.807) is 0 Å². The number of carboxylic acid groups (broad SMARTS) is 1. The molecule has 0 spiro atoms. The summed E-state index contributed by atoms with van der Waals surface area (Å²) in [5.41, 5.74) is 3.43. The molecular formula is C12H16O3. The van der Waals surface area contributed by atoms with E-state index in [9.17, 15) is 4.79 Å². The first-order valence-electron chi connectivity index (χ1n) is 4.91. The van der Waals surface area contributed by atoms with Crippen molar-refractivity contribution >= 4 is 5.97 Å². The van der Waals surface area contributed by atoms with Gasteiger partial charge in [-0.25, -0.2) is 4.79 Å². The fraction of sp³-hybridized carbons (Fsp3) is 0.417. The molecular weight excluding hydrogens is 192 g/mol. The predicted molar refractivity (Wildman–Crippen MR) is 57.8 cm³/mol. The van der Waals surface area contributed by atoms with Gasteiger partial charge in [0, 0.05) is 0 Å². The van der Waals surface area contributed by atoms with Crippen LogP contribution < -0.4 is 0 Å². The topological polar surface area (TPSA) is 46.5 Å². The number of hydrogen-bond donors (Lipinski definition) is 1. The highest BCUT2D eigenvalue weighted by atomic mass is 16.5. The van der Waals surface area contributed by atoms with Gasteiger partial charge in [-0.2, -0.15) is 0 Å². The van der Waals surface area contributed by atoms with Crippen molar-refractivity contribution in [3.8, 4) is 0 Å². The smallest absolute Gasteiger partial charge is 0.332 e. The van der Waals surface area contributed by atoms with Gasteiger partial charge >= 0.3 is 5.97 Å². The standard InChI is InChI=1S/C12H16O3/c1-8-4-5-11(6-9(8)2)7-15-10(3)12(13)14/h4-6,10H,7H2,1-3H3,(H,13,14). The highest BCUT2D eigenvalue weighted by molar-refractivity contribution is 5.71. The Balaban J connectivity index is 2.58. The molecule has 3 heteroatoms. The van der Waals surface area contributed by atoms with Gasteiger partial charge in [-0.05, 0) is 37.5 Å². The lowest BCUT2D eigenvalue weighted by molar-refractivity contribution is -0.149. The third kappa shape index (κ3) is 3.36. The van der Waals surface area contributed by atoms with Crippen molar-refractivity contribution in [2.45, 2.75) is 33.5 Å². The van der Waals surface area contributed by atoms with Crippen LogP contribution >= 0.6 is 0 Å².